The van der Waals surface area contributed by atoms with Gasteiger partial charge in [-0.15, -0.1) is 0 Å². The van der Waals surface area contributed by atoms with Gasteiger partial charge in [0.1, 0.15) is 11.5 Å². The van der Waals surface area contributed by atoms with Crippen molar-refractivity contribution in [1.82, 2.24) is 19.6 Å². The van der Waals surface area contributed by atoms with Crippen LogP contribution in [0.1, 0.15) is 36.2 Å². The zero-order chi connectivity index (χ0) is 25.8. The first-order valence-electron chi connectivity index (χ1n) is 12.1. The number of carbonyl (C=O) groups excluding carboxylic acids is 2. The van der Waals surface area contributed by atoms with Crippen LogP contribution in [-0.4, -0.2) is 70.2 Å². The van der Waals surface area contributed by atoms with Gasteiger partial charge in [0.15, 0.2) is 0 Å². The van der Waals surface area contributed by atoms with Gasteiger partial charge in [0.2, 0.25) is 0 Å². The Hall–Kier alpha value is -3.91. The highest BCUT2D eigenvalue weighted by Crippen LogP contribution is 2.40. The molecule has 3 aromatic rings. The fourth-order valence-electron chi connectivity index (χ4n) is 4.54. The molecule has 2 aromatic carbocycles. The Morgan fingerprint density at radius 3 is 2.42 bits per heavy atom. The lowest BCUT2D eigenvalue weighted by Gasteiger charge is -2.26. The van der Waals surface area contributed by atoms with E-state index >= 15 is 0 Å². The number of likely N-dealkylation sites (tertiary alicyclic amines) is 1. The molecule has 0 aliphatic carbocycles. The molecule has 1 saturated heterocycles. The third-order valence-corrected chi connectivity index (χ3v) is 6.32. The van der Waals surface area contributed by atoms with E-state index in [4.69, 9.17) is 4.74 Å². The van der Waals surface area contributed by atoms with Crippen molar-refractivity contribution in [2.45, 2.75) is 26.3 Å². The standard InChI is InChI=1S/C28H32N4O4/c1-5-36-22-14-12-20(13-15-22)25-24(27(34)28(35)31(25)17-9-16-30(3)4)26(33)23-18-29-32(19(23)2)21-10-7-6-8-11-21/h6-8,10-15,18,25,33H,5,9,16-17H2,1-4H3/t25-/m0/s1. The van der Waals surface area contributed by atoms with Gasteiger partial charge in [-0.25, -0.2) is 4.68 Å². The zero-order valence-electron chi connectivity index (χ0n) is 21.1. The van der Waals surface area contributed by atoms with Gasteiger partial charge in [0, 0.05) is 6.54 Å². The number of aliphatic hydroxyl groups is 1. The second-order valence-corrected chi connectivity index (χ2v) is 9.04. The summed E-state index contributed by atoms with van der Waals surface area (Å²) in [6, 6.07) is 16.2. The summed E-state index contributed by atoms with van der Waals surface area (Å²) in [6.45, 7) is 5.42. The first-order valence-corrected chi connectivity index (χ1v) is 12.1. The van der Waals surface area contributed by atoms with Crippen LogP contribution in [0, 0.1) is 6.92 Å². The number of rotatable bonds is 9. The van der Waals surface area contributed by atoms with E-state index in [1.807, 2.05) is 87.4 Å². The Bertz CT molecular complexity index is 1260. The minimum atomic E-state index is -0.706. The second kappa shape index (κ2) is 10.8. The van der Waals surface area contributed by atoms with Crippen molar-refractivity contribution in [3.05, 3.63) is 83.2 Å². The summed E-state index contributed by atoms with van der Waals surface area (Å²) in [5.41, 5.74) is 2.73. The summed E-state index contributed by atoms with van der Waals surface area (Å²) >= 11 is 0. The number of ketones is 1. The third-order valence-electron chi connectivity index (χ3n) is 6.32. The van der Waals surface area contributed by atoms with Crippen LogP contribution in [0.15, 0.2) is 66.4 Å². The summed E-state index contributed by atoms with van der Waals surface area (Å²) in [6.07, 6.45) is 2.23. The SMILES string of the molecule is CCOc1ccc([C@H]2C(=C(O)c3cnn(-c4ccccc4)c3C)C(=O)C(=O)N2CCCN(C)C)cc1. The number of aromatic nitrogens is 2. The molecule has 1 atom stereocenters. The first kappa shape index (κ1) is 25.2. The molecule has 1 aliphatic rings. The van der Waals surface area contributed by atoms with Crippen molar-refractivity contribution >= 4 is 17.4 Å². The molecule has 1 aromatic heterocycles. The molecule has 2 heterocycles. The van der Waals surface area contributed by atoms with Crippen LogP contribution < -0.4 is 4.74 Å². The lowest BCUT2D eigenvalue weighted by atomic mass is 9.95. The number of para-hydroxylation sites is 1. The maximum Gasteiger partial charge on any atom is 0.295 e. The molecule has 8 heteroatoms. The second-order valence-electron chi connectivity index (χ2n) is 9.04. The molecule has 4 rings (SSSR count). The van der Waals surface area contributed by atoms with Crippen LogP contribution in [-0.2, 0) is 9.59 Å². The molecule has 0 unspecified atom stereocenters. The topological polar surface area (TPSA) is 87.9 Å². The van der Waals surface area contributed by atoms with E-state index < -0.39 is 17.7 Å². The highest BCUT2D eigenvalue weighted by atomic mass is 16.5. The molecular weight excluding hydrogens is 456 g/mol. The fraction of sp³-hybridized carbons (Fsp3) is 0.321. The molecule has 0 bridgehead atoms. The lowest BCUT2D eigenvalue weighted by molar-refractivity contribution is -0.139. The number of hydrogen-bond donors (Lipinski definition) is 1. The Morgan fingerprint density at radius 1 is 1.08 bits per heavy atom. The van der Waals surface area contributed by atoms with E-state index in [0.717, 1.165) is 17.8 Å². The van der Waals surface area contributed by atoms with Gasteiger partial charge in [-0.05, 0) is 70.7 Å². The van der Waals surface area contributed by atoms with Gasteiger partial charge in [0.25, 0.3) is 11.7 Å². The van der Waals surface area contributed by atoms with E-state index in [1.165, 1.54) is 6.20 Å². The van der Waals surface area contributed by atoms with Crippen LogP contribution >= 0.6 is 0 Å². The summed E-state index contributed by atoms with van der Waals surface area (Å²) < 4.78 is 7.27. The van der Waals surface area contributed by atoms with Gasteiger partial charge in [-0.3, -0.25) is 9.59 Å². The predicted molar refractivity (Wildman–Crippen MR) is 138 cm³/mol. The highest BCUT2D eigenvalue weighted by molar-refractivity contribution is 6.46. The van der Waals surface area contributed by atoms with E-state index in [9.17, 15) is 14.7 Å². The summed E-state index contributed by atoms with van der Waals surface area (Å²) in [4.78, 5) is 30.1. The molecule has 1 N–H and O–H groups in total. The average molecular weight is 489 g/mol. The molecule has 1 amide bonds. The van der Waals surface area contributed by atoms with Crippen molar-refractivity contribution in [2.75, 3.05) is 33.8 Å². The van der Waals surface area contributed by atoms with Crippen LogP contribution in [0.3, 0.4) is 0 Å². The molecule has 1 fully saturated rings. The van der Waals surface area contributed by atoms with Crippen molar-refractivity contribution < 1.29 is 19.4 Å². The van der Waals surface area contributed by atoms with Gasteiger partial charge in [-0.1, -0.05) is 30.3 Å². The molecule has 36 heavy (non-hydrogen) atoms. The maximum atomic E-state index is 13.3. The summed E-state index contributed by atoms with van der Waals surface area (Å²) in [7, 11) is 3.93. The normalized spacial score (nSPS) is 17.2. The highest BCUT2D eigenvalue weighted by Gasteiger charge is 2.46. The summed E-state index contributed by atoms with van der Waals surface area (Å²) in [5, 5.41) is 15.9. The minimum absolute atomic E-state index is 0.0738. The number of amides is 1. The lowest BCUT2D eigenvalue weighted by Crippen LogP contribution is -2.32. The molecule has 0 radical (unpaired) electrons. The Labute approximate surface area is 211 Å². The number of aliphatic hydroxyl groups excluding tert-OH is 1. The average Bonchev–Trinajstić information content (AvgIpc) is 3.37. The first-order chi connectivity index (χ1) is 17.3. The van der Waals surface area contributed by atoms with Crippen LogP contribution in [0.4, 0.5) is 0 Å². The Kier molecular flexibility index (Phi) is 7.55. The number of benzene rings is 2. The van der Waals surface area contributed by atoms with E-state index in [0.29, 0.717) is 36.6 Å². The number of carbonyl (C=O) groups is 2. The largest absolute Gasteiger partial charge is 0.507 e. The van der Waals surface area contributed by atoms with Gasteiger partial charge >= 0.3 is 0 Å². The van der Waals surface area contributed by atoms with E-state index in [2.05, 4.69) is 5.10 Å². The van der Waals surface area contributed by atoms with Crippen LogP contribution in [0.5, 0.6) is 5.75 Å². The number of ether oxygens (including phenoxy) is 1. The fourth-order valence-corrected chi connectivity index (χ4v) is 4.54. The number of nitrogens with zero attached hydrogens (tertiary/aromatic N) is 4. The minimum Gasteiger partial charge on any atom is -0.507 e. The van der Waals surface area contributed by atoms with Crippen molar-refractivity contribution in [2.24, 2.45) is 0 Å². The van der Waals surface area contributed by atoms with Gasteiger partial charge < -0.3 is 19.6 Å². The monoisotopic (exact) mass is 488 g/mol. The van der Waals surface area contributed by atoms with Crippen LogP contribution in [0.2, 0.25) is 0 Å². The Morgan fingerprint density at radius 2 is 1.78 bits per heavy atom. The van der Waals surface area contributed by atoms with Crippen molar-refractivity contribution in [3.63, 3.8) is 0 Å². The van der Waals surface area contributed by atoms with E-state index in [1.54, 1.807) is 9.58 Å². The summed E-state index contributed by atoms with van der Waals surface area (Å²) in [5.74, 6) is -0.821. The van der Waals surface area contributed by atoms with Crippen molar-refractivity contribution in [1.29, 1.82) is 0 Å². The quantitative estimate of drug-likeness (QED) is 0.279. The maximum absolute atomic E-state index is 13.3. The smallest absolute Gasteiger partial charge is 0.295 e. The zero-order valence-corrected chi connectivity index (χ0v) is 21.1. The predicted octanol–water partition coefficient (Wildman–Crippen LogP) is 3.95. The number of Topliss-reactive ketones (excluding diaryl/α,β-unsaturated/α-hetero) is 1. The molecule has 0 saturated carbocycles. The molecule has 188 valence electrons. The van der Waals surface area contributed by atoms with E-state index in [-0.39, 0.29) is 11.3 Å². The van der Waals surface area contributed by atoms with Crippen molar-refractivity contribution in [3.8, 4) is 11.4 Å². The molecular formula is C28H32N4O4. The molecule has 8 nitrogen and oxygen atoms in total. The molecule has 0 spiro atoms. The van der Waals surface area contributed by atoms with Gasteiger partial charge in [0.05, 0.1) is 41.4 Å². The Balaban J connectivity index is 1.79. The third kappa shape index (κ3) is 4.90. The van der Waals surface area contributed by atoms with Gasteiger partial charge in [-0.2, -0.15) is 5.10 Å². The van der Waals surface area contributed by atoms with Crippen LogP contribution in [0.25, 0.3) is 11.4 Å². The molecule has 1 aliphatic heterocycles. The number of hydrogen-bond acceptors (Lipinski definition) is 6.